The molecule has 11 nitrogen and oxygen atoms in total. The van der Waals surface area contributed by atoms with Crippen molar-refractivity contribution >= 4 is 17.7 Å². The summed E-state index contributed by atoms with van der Waals surface area (Å²) in [6, 6.07) is 11.2. The molecule has 2 fully saturated rings. The van der Waals surface area contributed by atoms with Crippen molar-refractivity contribution in [2.24, 2.45) is 28.8 Å². The number of halogens is 1. The van der Waals surface area contributed by atoms with Gasteiger partial charge in [0.05, 0.1) is 18.2 Å². The number of nitrogens with one attached hydrogen (secondary N) is 1. The summed E-state index contributed by atoms with van der Waals surface area (Å²) in [5.74, 6) is -1.17. The topological polar surface area (TPSA) is 139 Å². The maximum absolute atomic E-state index is 15.2. The number of rotatable bonds is 30. The van der Waals surface area contributed by atoms with E-state index in [4.69, 9.17) is 24.2 Å². The fourth-order valence-electron chi connectivity index (χ4n) is 11.8. The van der Waals surface area contributed by atoms with Gasteiger partial charge in [-0.05, 0) is 119 Å². The standard InChI is InChI=1S/C59H88FN3O8/c1-6-8-9-10-11-12-13-14-15-20-35-61-57(67)69-47-32-33-52-50(40-47)55-48(26-19-22-37-65)45(25-18-21-36-64)39-49-51(62-71-58(3,4)5)41-53(59(70-52,56(49)55)68-38-7-2)63(42-44-27-30-46(60)31-28-44)54(66)34-29-43-23-16-17-24-43/h7,27-28,30-33,39-40,43,45,48,53,55-56,64-65H,2,6,8-26,29,34-38,41-42H2,1,3-5H3,(H,61,67). The smallest absolute Gasteiger partial charge is 0.412 e. The summed E-state index contributed by atoms with van der Waals surface area (Å²) >= 11 is 0. The van der Waals surface area contributed by atoms with Crippen LogP contribution in [0.5, 0.6) is 11.5 Å². The molecule has 1 aliphatic heterocycles. The molecule has 6 atom stereocenters. The lowest BCUT2D eigenvalue weighted by Crippen LogP contribution is -2.70. The van der Waals surface area contributed by atoms with Gasteiger partial charge in [0.15, 0.2) is 0 Å². The van der Waals surface area contributed by atoms with Crippen molar-refractivity contribution in [3.8, 4) is 11.5 Å². The van der Waals surface area contributed by atoms with E-state index in [0.717, 1.165) is 80.9 Å². The highest BCUT2D eigenvalue weighted by Crippen LogP contribution is 2.62. The van der Waals surface area contributed by atoms with Crippen LogP contribution in [0.1, 0.15) is 192 Å². The lowest BCUT2D eigenvalue weighted by molar-refractivity contribution is -0.258. The van der Waals surface area contributed by atoms with Crippen LogP contribution in [0.3, 0.4) is 0 Å². The SMILES string of the molecule is C=CCOC12Oc3ccc(OC(=O)NCCCCCCCCCCCC)cc3C3C(CCCCO)C(CCCCO)C=C(C(=NOC(C)(C)C)CC1N(Cc1ccc(F)cc1)C(=O)CCC1CCCC1)C32. The molecule has 0 saturated heterocycles. The molecule has 0 aromatic heterocycles. The zero-order valence-electron chi connectivity index (χ0n) is 43.8. The number of amides is 2. The maximum atomic E-state index is 15.2. The van der Waals surface area contributed by atoms with Gasteiger partial charge in [-0.3, -0.25) is 4.79 Å². The lowest BCUT2D eigenvalue weighted by Gasteiger charge is -2.60. The van der Waals surface area contributed by atoms with Gasteiger partial charge in [0.2, 0.25) is 11.7 Å². The Hall–Kier alpha value is -4.26. The van der Waals surface area contributed by atoms with E-state index in [2.05, 4.69) is 24.9 Å². The number of carbonyl (C=O) groups is 2. The molecule has 3 aliphatic carbocycles. The first-order valence-electron chi connectivity index (χ1n) is 27.7. The van der Waals surface area contributed by atoms with Crippen LogP contribution < -0.4 is 14.8 Å². The van der Waals surface area contributed by atoms with E-state index < -0.39 is 29.4 Å². The number of allylic oxidation sites excluding steroid dienone is 1. The zero-order valence-corrected chi connectivity index (χ0v) is 43.8. The van der Waals surface area contributed by atoms with Crippen LogP contribution in [-0.2, 0) is 20.9 Å². The summed E-state index contributed by atoms with van der Waals surface area (Å²) in [5, 5.41) is 28.0. The van der Waals surface area contributed by atoms with Gasteiger partial charge in [0.1, 0.15) is 29.0 Å². The van der Waals surface area contributed by atoms with E-state index in [0.29, 0.717) is 48.9 Å². The molecule has 394 valence electrons. The molecule has 0 radical (unpaired) electrons. The van der Waals surface area contributed by atoms with Crippen molar-refractivity contribution in [1.29, 1.82) is 0 Å². The third-order valence-electron chi connectivity index (χ3n) is 15.3. The Morgan fingerprint density at radius 1 is 0.901 bits per heavy atom. The van der Waals surface area contributed by atoms with Gasteiger partial charge in [-0.25, -0.2) is 9.18 Å². The van der Waals surface area contributed by atoms with Crippen LogP contribution in [0, 0.1) is 29.5 Å². The number of carbonyl (C=O) groups excluding carboxylic acids is 2. The van der Waals surface area contributed by atoms with Crippen molar-refractivity contribution in [3.63, 3.8) is 0 Å². The third-order valence-corrected chi connectivity index (χ3v) is 15.3. The van der Waals surface area contributed by atoms with Crippen LogP contribution >= 0.6 is 0 Å². The Bertz CT molecular complexity index is 2030. The largest absolute Gasteiger partial charge is 0.459 e. The average Bonchev–Trinajstić information content (AvgIpc) is 3.88. The summed E-state index contributed by atoms with van der Waals surface area (Å²) in [6.45, 7) is 13.2. The molecule has 0 bridgehead atoms. The van der Waals surface area contributed by atoms with Crippen molar-refractivity contribution < 1.29 is 43.2 Å². The van der Waals surface area contributed by atoms with E-state index in [1.165, 1.54) is 69.9 Å². The van der Waals surface area contributed by atoms with Crippen molar-refractivity contribution in [2.75, 3.05) is 26.4 Å². The molecular weight excluding hydrogens is 898 g/mol. The zero-order chi connectivity index (χ0) is 50.6. The number of hydrogen-bond donors (Lipinski definition) is 3. The number of oxime groups is 1. The number of hydrogen-bond acceptors (Lipinski definition) is 9. The van der Waals surface area contributed by atoms with Crippen LogP contribution in [0.25, 0.3) is 0 Å². The van der Waals surface area contributed by atoms with Gasteiger partial charge in [-0.2, -0.15) is 0 Å². The van der Waals surface area contributed by atoms with Gasteiger partial charge in [0.25, 0.3) is 0 Å². The minimum absolute atomic E-state index is 0.00378. The molecule has 2 aromatic rings. The van der Waals surface area contributed by atoms with E-state index in [9.17, 15) is 19.4 Å². The second-order valence-corrected chi connectivity index (χ2v) is 21.8. The van der Waals surface area contributed by atoms with Gasteiger partial charge >= 0.3 is 6.09 Å². The summed E-state index contributed by atoms with van der Waals surface area (Å²) in [5.41, 5.74) is 2.66. The molecule has 6 rings (SSSR count). The number of ether oxygens (including phenoxy) is 3. The number of nitrogens with zero attached hydrogens (tertiary/aromatic N) is 2. The summed E-state index contributed by atoms with van der Waals surface area (Å²) < 4.78 is 35.2. The third kappa shape index (κ3) is 15.9. The number of unbranched alkanes of at least 4 members (excludes halogenated alkanes) is 11. The van der Waals surface area contributed by atoms with E-state index in [-0.39, 0.29) is 62.3 Å². The van der Waals surface area contributed by atoms with Gasteiger partial charge in [-0.1, -0.05) is 133 Å². The molecule has 2 saturated carbocycles. The number of aliphatic hydroxyl groups excluding tert-OH is 2. The molecule has 2 amide bonds. The predicted molar refractivity (Wildman–Crippen MR) is 280 cm³/mol. The van der Waals surface area contributed by atoms with E-state index in [1.54, 1.807) is 24.3 Å². The maximum Gasteiger partial charge on any atom is 0.412 e. The Kier molecular flexibility index (Phi) is 22.3. The van der Waals surface area contributed by atoms with E-state index in [1.807, 2.05) is 37.8 Å². The second kappa shape index (κ2) is 28.3. The summed E-state index contributed by atoms with van der Waals surface area (Å²) in [4.78, 5) is 36.9. The van der Waals surface area contributed by atoms with Crippen LogP contribution in [0.15, 0.2) is 71.9 Å². The van der Waals surface area contributed by atoms with E-state index >= 15 is 4.79 Å². The van der Waals surface area contributed by atoms with Gasteiger partial charge in [0, 0.05) is 50.6 Å². The van der Waals surface area contributed by atoms with Gasteiger partial charge in [-0.15, -0.1) is 6.58 Å². The highest BCUT2D eigenvalue weighted by Gasteiger charge is 2.65. The number of aliphatic hydroxyl groups is 2. The first-order valence-corrected chi connectivity index (χ1v) is 27.7. The van der Waals surface area contributed by atoms with Crippen molar-refractivity contribution in [1.82, 2.24) is 10.2 Å². The average molecular weight is 986 g/mol. The first kappa shape index (κ1) is 56.0. The predicted octanol–water partition coefficient (Wildman–Crippen LogP) is 13.3. The number of benzene rings is 2. The molecule has 2 aromatic carbocycles. The Morgan fingerprint density at radius 2 is 1.58 bits per heavy atom. The lowest BCUT2D eigenvalue weighted by atomic mass is 9.55. The second-order valence-electron chi connectivity index (χ2n) is 21.8. The van der Waals surface area contributed by atoms with Crippen molar-refractivity contribution in [2.45, 2.75) is 205 Å². The quantitative estimate of drug-likeness (QED) is 0.0399. The minimum Gasteiger partial charge on any atom is -0.459 e. The van der Waals surface area contributed by atoms with Crippen LogP contribution in [-0.4, -0.2) is 76.6 Å². The summed E-state index contributed by atoms with van der Waals surface area (Å²) in [7, 11) is 0. The molecule has 12 heteroatoms. The molecule has 1 heterocycles. The molecular formula is C59H88FN3O8. The molecule has 6 unspecified atom stereocenters. The number of fused-ring (bicyclic) bond motifs is 2. The summed E-state index contributed by atoms with van der Waals surface area (Å²) in [6.07, 6.45) is 26.0. The molecule has 3 N–H and O–H groups in total. The fourth-order valence-corrected chi connectivity index (χ4v) is 11.8. The normalized spacial score (nSPS) is 23.3. The Labute approximate surface area is 425 Å². The molecule has 71 heavy (non-hydrogen) atoms. The monoisotopic (exact) mass is 986 g/mol. The first-order chi connectivity index (χ1) is 34.4. The molecule has 0 spiro atoms. The highest BCUT2D eigenvalue weighted by atomic mass is 19.1. The molecule has 4 aliphatic rings. The fraction of sp³-hybridized carbons (Fsp3) is 0.678. The van der Waals surface area contributed by atoms with Crippen LogP contribution in [0.4, 0.5) is 9.18 Å². The Morgan fingerprint density at radius 3 is 2.24 bits per heavy atom. The van der Waals surface area contributed by atoms with Crippen LogP contribution in [0.2, 0.25) is 0 Å². The van der Waals surface area contributed by atoms with Crippen molar-refractivity contribution in [3.05, 3.63) is 83.7 Å². The van der Waals surface area contributed by atoms with Gasteiger partial charge < -0.3 is 39.5 Å². The minimum atomic E-state index is -1.46. The Balaban J connectivity index is 1.42. The highest BCUT2D eigenvalue weighted by molar-refractivity contribution is 6.03.